The van der Waals surface area contributed by atoms with Crippen molar-refractivity contribution in [3.8, 4) is 0 Å². The maximum Gasteiger partial charge on any atom is 0.0887 e. The van der Waals surface area contributed by atoms with Crippen LogP contribution in [0.5, 0.6) is 0 Å². The lowest BCUT2D eigenvalue weighted by Crippen LogP contribution is -2.16. The van der Waals surface area contributed by atoms with E-state index < -0.39 is 0 Å². The summed E-state index contributed by atoms with van der Waals surface area (Å²) in [5, 5.41) is 3.49. The van der Waals surface area contributed by atoms with Crippen LogP contribution >= 0.6 is 0 Å². The van der Waals surface area contributed by atoms with Gasteiger partial charge in [-0.3, -0.25) is 4.98 Å². The number of hydrogen-bond acceptors (Lipinski definition) is 3. The van der Waals surface area contributed by atoms with Gasteiger partial charge in [0.2, 0.25) is 0 Å². The fourth-order valence-electron chi connectivity index (χ4n) is 2.05. The molecular formula is C16H26N2O. The van der Waals surface area contributed by atoms with Crippen molar-refractivity contribution in [3.63, 3.8) is 0 Å². The summed E-state index contributed by atoms with van der Waals surface area (Å²) in [5.74, 6) is 0. The van der Waals surface area contributed by atoms with Gasteiger partial charge in [-0.2, -0.15) is 0 Å². The third-order valence-corrected chi connectivity index (χ3v) is 3.41. The number of aromatic nitrogens is 1. The van der Waals surface area contributed by atoms with Crippen molar-refractivity contribution >= 4 is 0 Å². The normalized spacial score (nSPS) is 14.8. The van der Waals surface area contributed by atoms with E-state index in [1.807, 2.05) is 6.07 Å². The molecule has 3 nitrogen and oxygen atoms in total. The summed E-state index contributed by atoms with van der Waals surface area (Å²) >= 11 is 0. The molecule has 1 aliphatic rings. The summed E-state index contributed by atoms with van der Waals surface area (Å²) in [6.45, 7) is 4.61. The molecule has 1 aliphatic carbocycles. The first-order chi connectivity index (χ1) is 9.38. The molecule has 0 saturated heterocycles. The van der Waals surface area contributed by atoms with E-state index in [0.29, 0.717) is 6.61 Å². The minimum Gasteiger partial charge on any atom is -0.375 e. The smallest absolute Gasteiger partial charge is 0.0887 e. The van der Waals surface area contributed by atoms with Crippen molar-refractivity contribution in [1.29, 1.82) is 0 Å². The van der Waals surface area contributed by atoms with Crippen LogP contribution in [0, 0.1) is 0 Å². The molecule has 1 fully saturated rings. The molecule has 19 heavy (non-hydrogen) atoms. The van der Waals surface area contributed by atoms with Gasteiger partial charge in [0.15, 0.2) is 0 Å². The first-order valence-corrected chi connectivity index (χ1v) is 7.64. The fourth-order valence-corrected chi connectivity index (χ4v) is 2.05. The number of nitrogens with one attached hydrogen (secondary N) is 1. The predicted octanol–water partition coefficient (Wildman–Crippen LogP) is 3.43. The Hall–Kier alpha value is -0.930. The van der Waals surface area contributed by atoms with E-state index in [9.17, 15) is 0 Å². The molecule has 0 atom stereocenters. The van der Waals surface area contributed by atoms with Gasteiger partial charge in [0.1, 0.15) is 0 Å². The van der Waals surface area contributed by atoms with E-state index in [0.717, 1.165) is 37.0 Å². The molecule has 0 bridgehead atoms. The average molecular weight is 262 g/mol. The maximum atomic E-state index is 5.68. The monoisotopic (exact) mass is 262 g/mol. The summed E-state index contributed by atoms with van der Waals surface area (Å²) in [7, 11) is 0. The Morgan fingerprint density at radius 3 is 2.84 bits per heavy atom. The van der Waals surface area contributed by atoms with Crippen LogP contribution in [0.4, 0.5) is 0 Å². The molecule has 1 saturated carbocycles. The second-order valence-electron chi connectivity index (χ2n) is 5.39. The van der Waals surface area contributed by atoms with Crippen LogP contribution in [-0.2, 0) is 17.9 Å². The number of ether oxygens (including phenoxy) is 1. The van der Waals surface area contributed by atoms with Crippen molar-refractivity contribution in [2.75, 3.05) is 6.61 Å². The number of hydrogen-bond donors (Lipinski definition) is 1. The molecule has 2 rings (SSSR count). The molecule has 106 valence electrons. The Morgan fingerprint density at radius 1 is 1.21 bits per heavy atom. The van der Waals surface area contributed by atoms with E-state index in [1.54, 1.807) is 0 Å². The van der Waals surface area contributed by atoms with E-state index >= 15 is 0 Å². The van der Waals surface area contributed by atoms with Crippen molar-refractivity contribution in [2.24, 2.45) is 0 Å². The van der Waals surface area contributed by atoms with Gasteiger partial charge in [-0.15, -0.1) is 0 Å². The maximum absolute atomic E-state index is 5.68. The highest BCUT2D eigenvalue weighted by atomic mass is 16.5. The molecular weight excluding hydrogens is 236 g/mol. The lowest BCUT2D eigenvalue weighted by atomic mass is 10.2. The molecule has 0 unspecified atom stereocenters. The van der Waals surface area contributed by atoms with Gasteiger partial charge in [0, 0.05) is 19.2 Å². The SMILES string of the molecule is CCCCCCOCc1cccc(CNC2CC2)n1. The van der Waals surface area contributed by atoms with Crippen molar-refractivity contribution in [1.82, 2.24) is 10.3 Å². The lowest BCUT2D eigenvalue weighted by Gasteiger charge is -2.06. The van der Waals surface area contributed by atoms with Crippen molar-refractivity contribution in [2.45, 2.75) is 64.6 Å². The van der Waals surface area contributed by atoms with E-state index in [-0.39, 0.29) is 0 Å². The summed E-state index contributed by atoms with van der Waals surface area (Å²) in [4.78, 5) is 4.62. The van der Waals surface area contributed by atoms with Crippen molar-refractivity contribution in [3.05, 3.63) is 29.6 Å². The number of nitrogens with zero attached hydrogens (tertiary/aromatic N) is 1. The summed E-state index contributed by atoms with van der Waals surface area (Å²) < 4.78 is 5.68. The molecule has 0 amide bonds. The number of rotatable bonds is 10. The molecule has 1 heterocycles. The summed E-state index contributed by atoms with van der Waals surface area (Å²) in [6.07, 6.45) is 7.66. The van der Waals surface area contributed by atoms with Crippen LogP contribution in [0.2, 0.25) is 0 Å². The molecule has 0 aromatic carbocycles. The highest BCUT2D eigenvalue weighted by Gasteiger charge is 2.20. The molecule has 1 aromatic rings. The van der Waals surface area contributed by atoms with Gasteiger partial charge in [-0.05, 0) is 31.4 Å². The third-order valence-electron chi connectivity index (χ3n) is 3.41. The molecule has 3 heteroatoms. The molecule has 1 aromatic heterocycles. The van der Waals surface area contributed by atoms with Crippen LogP contribution in [0.1, 0.15) is 56.8 Å². The zero-order valence-electron chi connectivity index (χ0n) is 12.0. The highest BCUT2D eigenvalue weighted by molar-refractivity contribution is 5.10. The zero-order chi connectivity index (χ0) is 13.3. The lowest BCUT2D eigenvalue weighted by molar-refractivity contribution is 0.114. The minimum absolute atomic E-state index is 0.642. The highest BCUT2D eigenvalue weighted by Crippen LogP contribution is 2.19. The Kier molecular flexibility index (Phi) is 6.31. The molecule has 0 radical (unpaired) electrons. The van der Waals surface area contributed by atoms with Crippen LogP contribution in [-0.4, -0.2) is 17.6 Å². The molecule has 0 aliphatic heterocycles. The van der Waals surface area contributed by atoms with Gasteiger partial charge >= 0.3 is 0 Å². The van der Waals surface area contributed by atoms with Gasteiger partial charge in [0.05, 0.1) is 18.0 Å². The quantitative estimate of drug-likeness (QED) is 0.656. The second-order valence-corrected chi connectivity index (χ2v) is 5.39. The predicted molar refractivity (Wildman–Crippen MR) is 77.9 cm³/mol. The Bertz CT molecular complexity index is 364. The van der Waals surface area contributed by atoms with Gasteiger partial charge in [-0.1, -0.05) is 32.3 Å². The molecule has 1 N–H and O–H groups in total. The largest absolute Gasteiger partial charge is 0.375 e. The number of unbranched alkanes of at least 4 members (excludes halogenated alkanes) is 3. The first kappa shape index (κ1) is 14.5. The van der Waals surface area contributed by atoms with E-state index in [1.165, 1.54) is 32.1 Å². The van der Waals surface area contributed by atoms with Gasteiger partial charge in [-0.25, -0.2) is 0 Å². The topological polar surface area (TPSA) is 34.1 Å². The van der Waals surface area contributed by atoms with Crippen LogP contribution in [0.3, 0.4) is 0 Å². The third kappa shape index (κ3) is 6.17. The Morgan fingerprint density at radius 2 is 2.05 bits per heavy atom. The van der Waals surface area contributed by atoms with Crippen LogP contribution in [0.25, 0.3) is 0 Å². The zero-order valence-corrected chi connectivity index (χ0v) is 12.0. The van der Waals surface area contributed by atoms with E-state index in [4.69, 9.17) is 4.74 Å². The van der Waals surface area contributed by atoms with Crippen molar-refractivity contribution < 1.29 is 4.74 Å². The standard InChI is InChI=1S/C16H26N2O/c1-2-3-4-5-11-19-13-16-8-6-7-15(18-16)12-17-14-9-10-14/h6-8,14,17H,2-5,9-13H2,1H3. The van der Waals surface area contributed by atoms with E-state index in [2.05, 4.69) is 29.4 Å². The van der Waals surface area contributed by atoms with Gasteiger partial charge in [0.25, 0.3) is 0 Å². The first-order valence-electron chi connectivity index (χ1n) is 7.64. The minimum atomic E-state index is 0.642. The Labute approximate surface area is 116 Å². The summed E-state index contributed by atoms with van der Waals surface area (Å²) in [5.41, 5.74) is 2.17. The van der Waals surface area contributed by atoms with Crippen LogP contribution < -0.4 is 5.32 Å². The molecule has 0 spiro atoms. The fraction of sp³-hybridized carbons (Fsp3) is 0.688. The average Bonchev–Trinajstić information content (AvgIpc) is 3.25. The second kappa shape index (κ2) is 8.28. The Balaban J connectivity index is 1.63. The van der Waals surface area contributed by atoms with Gasteiger partial charge < -0.3 is 10.1 Å². The van der Waals surface area contributed by atoms with Crippen LogP contribution in [0.15, 0.2) is 18.2 Å². The summed E-state index contributed by atoms with van der Waals surface area (Å²) in [6, 6.07) is 6.94. The number of pyridine rings is 1.